The fourth-order valence-corrected chi connectivity index (χ4v) is 3.20. The molecule has 106 valence electrons. The van der Waals surface area contributed by atoms with Crippen molar-refractivity contribution in [1.29, 1.82) is 0 Å². The minimum absolute atomic E-state index is 0.00116. The van der Waals surface area contributed by atoms with Gasteiger partial charge in [-0.25, -0.2) is 5.01 Å². The molecular formula is C15H19N3O2. The Kier molecular flexibility index (Phi) is 3.22. The molecule has 5 nitrogen and oxygen atoms in total. The standard InChI is InChI=1S/C15H19N3O2/c1-10(14(16)19)13-12-6-3-2-5-11(12)9-17-7-4-8-18(17)15(13)20/h2-3,5-6,10,13H,4,7-9H2,1H3,(H2,16,19)/t10?,13-/m0/s1. The number of hydrogen-bond donors (Lipinski definition) is 1. The van der Waals surface area contributed by atoms with Crippen LogP contribution in [0.3, 0.4) is 0 Å². The van der Waals surface area contributed by atoms with Gasteiger partial charge < -0.3 is 5.73 Å². The highest BCUT2D eigenvalue weighted by molar-refractivity contribution is 5.91. The molecule has 1 saturated heterocycles. The molecule has 2 N–H and O–H groups in total. The molecule has 0 saturated carbocycles. The van der Waals surface area contributed by atoms with Crippen molar-refractivity contribution in [2.24, 2.45) is 11.7 Å². The van der Waals surface area contributed by atoms with Crippen molar-refractivity contribution < 1.29 is 9.59 Å². The van der Waals surface area contributed by atoms with Gasteiger partial charge in [0.15, 0.2) is 0 Å². The molecule has 1 unspecified atom stereocenters. The van der Waals surface area contributed by atoms with Gasteiger partial charge in [0, 0.05) is 19.6 Å². The molecule has 0 spiro atoms. The zero-order valence-electron chi connectivity index (χ0n) is 11.6. The Morgan fingerprint density at radius 1 is 1.35 bits per heavy atom. The molecule has 2 amide bonds. The lowest BCUT2D eigenvalue weighted by Crippen LogP contribution is -2.43. The second-order valence-corrected chi connectivity index (χ2v) is 5.57. The second kappa shape index (κ2) is 4.90. The average Bonchev–Trinajstić information content (AvgIpc) is 2.84. The van der Waals surface area contributed by atoms with Gasteiger partial charge in [0.2, 0.25) is 11.8 Å². The van der Waals surface area contributed by atoms with Gasteiger partial charge in [0.25, 0.3) is 0 Å². The van der Waals surface area contributed by atoms with Crippen LogP contribution in [0.15, 0.2) is 24.3 Å². The van der Waals surface area contributed by atoms with Crippen molar-refractivity contribution in [2.75, 3.05) is 13.1 Å². The number of hydrogen-bond acceptors (Lipinski definition) is 3. The van der Waals surface area contributed by atoms with Gasteiger partial charge in [-0.1, -0.05) is 31.2 Å². The van der Waals surface area contributed by atoms with Gasteiger partial charge in [-0.3, -0.25) is 14.6 Å². The number of carbonyl (C=O) groups excluding carboxylic acids is 2. The number of hydrazine groups is 1. The minimum atomic E-state index is -0.496. The van der Waals surface area contributed by atoms with E-state index in [4.69, 9.17) is 5.73 Å². The Morgan fingerprint density at radius 2 is 2.10 bits per heavy atom. The third kappa shape index (κ3) is 1.98. The molecule has 1 aromatic carbocycles. The van der Waals surface area contributed by atoms with Gasteiger partial charge in [0.05, 0.1) is 11.8 Å². The van der Waals surface area contributed by atoms with Crippen LogP contribution in [-0.4, -0.2) is 34.9 Å². The van der Waals surface area contributed by atoms with Crippen molar-refractivity contribution >= 4 is 11.8 Å². The molecule has 20 heavy (non-hydrogen) atoms. The molecule has 1 aromatic rings. The molecule has 3 rings (SSSR count). The maximum atomic E-state index is 12.8. The first-order chi connectivity index (χ1) is 9.59. The number of fused-ring (bicyclic) bond motifs is 2. The Bertz CT molecular complexity index is 558. The normalized spacial score (nSPS) is 23.9. The van der Waals surface area contributed by atoms with Gasteiger partial charge in [-0.2, -0.15) is 0 Å². The summed E-state index contributed by atoms with van der Waals surface area (Å²) in [5.41, 5.74) is 7.51. The van der Waals surface area contributed by atoms with E-state index >= 15 is 0 Å². The highest BCUT2D eigenvalue weighted by Crippen LogP contribution is 2.35. The van der Waals surface area contributed by atoms with Crippen LogP contribution in [0.1, 0.15) is 30.4 Å². The summed E-state index contributed by atoms with van der Waals surface area (Å²) in [5.74, 6) is -1.39. The van der Waals surface area contributed by atoms with Crippen LogP contribution in [0, 0.1) is 5.92 Å². The van der Waals surface area contributed by atoms with Gasteiger partial charge in [-0.15, -0.1) is 0 Å². The fourth-order valence-electron chi connectivity index (χ4n) is 3.20. The smallest absolute Gasteiger partial charge is 0.245 e. The topological polar surface area (TPSA) is 66.6 Å². The van der Waals surface area contributed by atoms with Crippen LogP contribution in [0.5, 0.6) is 0 Å². The number of amides is 2. The molecule has 2 heterocycles. The first-order valence-corrected chi connectivity index (χ1v) is 7.03. The van der Waals surface area contributed by atoms with E-state index < -0.39 is 17.7 Å². The Labute approximate surface area is 118 Å². The fraction of sp³-hybridized carbons (Fsp3) is 0.467. The van der Waals surface area contributed by atoms with E-state index in [0.717, 1.165) is 37.2 Å². The minimum Gasteiger partial charge on any atom is -0.369 e. The molecule has 5 heteroatoms. The maximum Gasteiger partial charge on any atom is 0.245 e. The molecule has 0 aromatic heterocycles. The lowest BCUT2D eigenvalue weighted by molar-refractivity contribution is -0.148. The number of primary amides is 1. The summed E-state index contributed by atoms with van der Waals surface area (Å²) in [7, 11) is 0. The molecular weight excluding hydrogens is 254 g/mol. The molecule has 1 fully saturated rings. The second-order valence-electron chi connectivity index (χ2n) is 5.57. The van der Waals surface area contributed by atoms with Gasteiger partial charge in [-0.05, 0) is 17.5 Å². The van der Waals surface area contributed by atoms with Crippen molar-refractivity contribution in [2.45, 2.75) is 25.8 Å². The molecule has 2 aliphatic rings. The Balaban J connectivity index is 2.09. The number of nitrogens with two attached hydrogens (primary N) is 1. The monoisotopic (exact) mass is 273 g/mol. The van der Waals surface area contributed by atoms with Crippen LogP contribution in [-0.2, 0) is 16.1 Å². The molecule has 2 aliphatic heterocycles. The van der Waals surface area contributed by atoms with E-state index in [-0.39, 0.29) is 5.91 Å². The zero-order chi connectivity index (χ0) is 14.3. The van der Waals surface area contributed by atoms with E-state index in [1.807, 2.05) is 24.3 Å². The maximum absolute atomic E-state index is 12.8. The summed E-state index contributed by atoms with van der Waals surface area (Å²) in [5, 5.41) is 3.87. The van der Waals surface area contributed by atoms with E-state index in [9.17, 15) is 9.59 Å². The van der Waals surface area contributed by atoms with Crippen molar-refractivity contribution in [1.82, 2.24) is 10.0 Å². The summed E-state index contributed by atoms with van der Waals surface area (Å²) in [6.45, 7) is 4.09. The van der Waals surface area contributed by atoms with Crippen LogP contribution in [0.2, 0.25) is 0 Å². The summed E-state index contributed by atoms with van der Waals surface area (Å²) in [6, 6.07) is 7.87. The largest absolute Gasteiger partial charge is 0.369 e. The summed E-state index contributed by atoms with van der Waals surface area (Å²) >= 11 is 0. The van der Waals surface area contributed by atoms with Crippen LogP contribution in [0.25, 0.3) is 0 Å². The summed E-state index contributed by atoms with van der Waals surface area (Å²) in [6.07, 6.45) is 0.978. The third-order valence-corrected chi connectivity index (χ3v) is 4.34. The summed E-state index contributed by atoms with van der Waals surface area (Å²) in [4.78, 5) is 24.4. The first kappa shape index (κ1) is 13.1. The Morgan fingerprint density at radius 3 is 2.85 bits per heavy atom. The quantitative estimate of drug-likeness (QED) is 0.869. The average molecular weight is 273 g/mol. The highest BCUT2D eigenvalue weighted by atomic mass is 16.2. The van der Waals surface area contributed by atoms with Crippen LogP contribution >= 0.6 is 0 Å². The van der Waals surface area contributed by atoms with Crippen LogP contribution < -0.4 is 5.73 Å². The predicted octanol–water partition coefficient (Wildman–Crippen LogP) is 0.854. The van der Waals surface area contributed by atoms with Crippen molar-refractivity contribution in [3.05, 3.63) is 35.4 Å². The predicted molar refractivity (Wildman–Crippen MR) is 74.3 cm³/mol. The molecule has 0 radical (unpaired) electrons. The lowest BCUT2D eigenvalue weighted by atomic mass is 9.83. The number of carbonyl (C=O) groups is 2. The SMILES string of the molecule is CC(C(N)=O)[C@@H]1C(=O)N2CCCN2Cc2ccccc21. The van der Waals surface area contributed by atoms with Crippen molar-refractivity contribution in [3.63, 3.8) is 0 Å². The van der Waals surface area contributed by atoms with Gasteiger partial charge in [0.1, 0.15) is 0 Å². The third-order valence-electron chi connectivity index (χ3n) is 4.34. The number of nitrogens with zero attached hydrogens (tertiary/aromatic N) is 2. The molecule has 2 atom stereocenters. The first-order valence-electron chi connectivity index (χ1n) is 7.03. The number of rotatable bonds is 2. The lowest BCUT2D eigenvalue weighted by Gasteiger charge is -2.28. The van der Waals surface area contributed by atoms with Crippen LogP contribution in [0.4, 0.5) is 0 Å². The highest BCUT2D eigenvalue weighted by Gasteiger charge is 2.41. The van der Waals surface area contributed by atoms with Gasteiger partial charge >= 0.3 is 0 Å². The van der Waals surface area contributed by atoms with E-state index in [1.165, 1.54) is 0 Å². The van der Waals surface area contributed by atoms with E-state index in [1.54, 1.807) is 11.9 Å². The van der Waals surface area contributed by atoms with E-state index in [2.05, 4.69) is 5.01 Å². The molecule has 0 bridgehead atoms. The summed E-state index contributed by atoms with van der Waals surface area (Å²) < 4.78 is 0. The van der Waals surface area contributed by atoms with Crippen molar-refractivity contribution in [3.8, 4) is 0 Å². The van der Waals surface area contributed by atoms with E-state index in [0.29, 0.717) is 0 Å². The Hall–Kier alpha value is -1.88. The zero-order valence-corrected chi connectivity index (χ0v) is 11.6. The molecule has 0 aliphatic carbocycles. The number of benzene rings is 1.